The summed E-state index contributed by atoms with van der Waals surface area (Å²) in [6, 6.07) is 7.51. The lowest BCUT2D eigenvalue weighted by atomic mass is 9.32. The summed E-state index contributed by atoms with van der Waals surface area (Å²) in [6.45, 7) is 21.2. The summed E-state index contributed by atoms with van der Waals surface area (Å²) < 4.78 is 0. The van der Waals surface area contributed by atoms with Gasteiger partial charge in [0.25, 0.3) is 0 Å². The quantitative estimate of drug-likeness (QED) is 0.227. The van der Waals surface area contributed by atoms with Gasteiger partial charge in [-0.15, -0.1) is 0 Å². The minimum absolute atomic E-state index is 0.00366. The van der Waals surface area contributed by atoms with Gasteiger partial charge in [-0.2, -0.15) is 0 Å². The molecule has 0 bridgehead atoms. The Morgan fingerprint density at radius 3 is 2.20 bits per heavy atom. The number of carboxylic acids is 2. The number of nitrogens with zero attached hydrogens (tertiary/aromatic N) is 1. The van der Waals surface area contributed by atoms with E-state index in [1.54, 1.807) is 12.1 Å². The molecule has 5 aliphatic rings. The highest BCUT2D eigenvalue weighted by Crippen LogP contribution is 2.77. The number of amides is 1. The maximum absolute atomic E-state index is 14.4. The molecule has 0 spiro atoms. The zero-order valence-corrected chi connectivity index (χ0v) is 32.1. The average Bonchev–Trinajstić information content (AvgIpc) is 3.45. The third-order valence-corrected chi connectivity index (χ3v) is 16.3. The molecule has 1 amide bonds. The van der Waals surface area contributed by atoms with Gasteiger partial charge in [0, 0.05) is 13.1 Å². The van der Waals surface area contributed by atoms with Crippen molar-refractivity contribution >= 4 is 23.4 Å². The maximum atomic E-state index is 14.4. The summed E-state index contributed by atoms with van der Waals surface area (Å²) in [4.78, 5) is 39.2. The number of rotatable bonds is 10. The number of benzene rings is 1. The molecule has 0 aromatic heterocycles. The highest BCUT2D eigenvalue weighted by Gasteiger charge is 2.71. The van der Waals surface area contributed by atoms with Crippen molar-refractivity contribution in [2.75, 3.05) is 26.2 Å². The maximum Gasteiger partial charge on any atom is 0.335 e. The van der Waals surface area contributed by atoms with E-state index in [9.17, 15) is 24.6 Å². The van der Waals surface area contributed by atoms with Crippen molar-refractivity contribution in [3.05, 3.63) is 41.5 Å². The fourth-order valence-corrected chi connectivity index (χ4v) is 13.7. The van der Waals surface area contributed by atoms with Crippen LogP contribution >= 0.6 is 0 Å². The van der Waals surface area contributed by atoms with Gasteiger partial charge in [0.05, 0.1) is 17.5 Å². The number of aliphatic carboxylic acids is 1. The van der Waals surface area contributed by atoms with Gasteiger partial charge < -0.3 is 15.5 Å². The average molecular weight is 689 g/mol. The second-order valence-corrected chi connectivity index (χ2v) is 18.7. The summed E-state index contributed by atoms with van der Waals surface area (Å²) >= 11 is 0. The molecule has 0 saturated heterocycles. The number of nitrogens with one attached hydrogen (secondary N) is 1. The molecule has 50 heavy (non-hydrogen) atoms. The van der Waals surface area contributed by atoms with Crippen LogP contribution in [0.4, 0.5) is 0 Å². The van der Waals surface area contributed by atoms with Crippen molar-refractivity contribution in [3.63, 3.8) is 0 Å². The summed E-state index contributed by atoms with van der Waals surface area (Å²) in [7, 11) is 0. The smallest absolute Gasteiger partial charge is 0.335 e. The number of carboxylic acid groups (broad SMARTS) is 2. The van der Waals surface area contributed by atoms with Crippen molar-refractivity contribution in [1.29, 1.82) is 0 Å². The van der Waals surface area contributed by atoms with Crippen LogP contribution in [0.1, 0.15) is 129 Å². The first-order valence-electron chi connectivity index (χ1n) is 19.7. The molecular weight excluding hydrogens is 624 g/mol. The van der Waals surface area contributed by atoms with Gasteiger partial charge in [0.1, 0.15) is 0 Å². The molecule has 276 valence electrons. The van der Waals surface area contributed by atoms with Gasteiger partial charge in [-0.3, -0.25) is 14.5 Å². The van der Waals surface area contributed by atoms with Crippen LogP contribution in [0.3, 0.4) is 0 Å². The number of hydrogen-bond acceptors (Lipinski definition) is 4. The minimum atomic E-state index is -0.883. The van der Waals surface area contributed by atoms with Crippen molar-refractivity contribution in [1.82, 2.24) is 10.2 Å². The summed E-state index contributed by atoms with van der Waals surface area (Å²) in [5.74, 6) is 1.65. The third kappa shape index (κ3) is 5.58. The lowest BCUT2D eigenvalue weighted by Crippen LogP contribution is -2.66. The molecule has 7 nitrogen and oxygen atoms in total. The van der Waals surface area contributed by atoms with E-state index in [0.717, 1.165) is 37.7 Å². The molecule has 4 saturated carbocycles. The number of aromatic carboxylic acids is 1. The highest BCUT2D eigenvalue weighted by atomic mass is 16.4. The zero-order valence-electron chi connectivity index (χ0n) is 32.1. The van der Waals surface area contributed by atoms with Crippen LogP contribution in [-0.4, -0.2) is 59.1 Å². The molecule has 3 N–H and O–H groups in total. The van der Waals surface area contributed by atoms with Gasteiger partial charge in [0.15, 0.2) is 0 Å². The molecular formula is C43H64N2O5. The van der Waals surface area contributed by atoms with E-state index in [1.165, 1.54) is 31.3 Å². The monoisotopic (exact) mass is 688 g/mol. The fourth-order valence-electron chi connectivity index (χ4n) is 13.7. The normalized spacial score (nSPS) is 38.8. The van der Waals surface area contributed by atoms with Gasteiger partial charge in [0.2, 0.25) is 5.91 Å². The largest absolute Gasteiger partial charge is 0.480 e. The van der Waals surface area contributed by atoms with Crippen molar-refractivity contribution in [3.8, 4) is 0 Å². The van der Waals surface area contributed by atoms with E-state index in [2.05, 4.69) is 59.9 Å². The molecule has 4 fully saturated rings. The fraction of sp³-hybridized carbons (Fsp3) is 0.744. The molecule has 5 aliphatic carbocycles. The van der Waals surface area contributed by atoms with E-state index in [4.69, 9.17) is 0 Å². The Balaban J connectivity index is 1.28. The molecule has 9 atom stereocenters. The second-order valence-electron chi connectivity index (χ2n) is 18.7. The first-order valence-corrected chi connectivity index (χ1v) is 19.7. The second kappa shape index (κ2) is 13.1. The first-order chi connectivity index (χ1) is 23.5. The van der Waals surface area contributed by atoms with E-state index in [1.807, 2.05) is 24.0 Å². The highest BCUT2D eigenvalue weighted by molar-refractivity contribution is 5.88. The Bertz CT molecular complexity index is 1520. The predicted octanol–water partition coefficient (Wildman–Crippen LogP) is 8.64. The SMILES string of the molecule is CCN(CCNC(=O)[C@]12CC[C@@H](C(C)C)[C@@H]1[C@H]1CC[C@@H]3[C@@]4(C)CC=C(c5ccc(C(=O)O)cc5)C(C)(C)[C@@H]4CC[C@@]3(C)[C@]1(C)CC2)CC(=O)O. The first kappa shape index (κ1) is 37.1. The van der Waals surface area contributed by atoms with Crippen LogP contribution in [0.25, 0.3) is 5.57 Å². The van der Waals surface area contributed by atoms with Gasteiger partial charge in [-0.1, -0.05) is 73.6 Å². The van der Waals surface area contributed by atoms with Crippen molar-refractivity contribution < 1.29 is 24.6 Å². The van der Waals surface area contributed by atoms with Crippen LogP contribution in [0.2, 0.25) is 0 Å². The molecule has 0 radical (unpaired) electrons. The van der Waals surface area contributed by atoms with E-state index >= 15 is 0 Å². The predicted molar refractivity (Wildman–Crippen MR) is 199 cm³/mol. The third-order valence-electron chi connectivity index (χ3n) is 16.3. The number of hydrogen-bond donors (Lipinski definition) is 3. The lowest BCUT2D eigenvalue weighted by Gasteiger charge is -2.72. The van der Waals surface area contributed by atoms with E-state index in [0.29, 0.717) is 60.7 Å². The van der Waals surface area contributed by atoms with Crippen LogP contribution in [0.5, 0.6) is 0 Å². The van der Waals surface area contributed by atoms with Gasteiger partial charge >= 0.3 is 11.9 Å². The standard InChI is InChI=1S/C43H64N2O5/c1-9-45(26-35(46)47)25-24-44-38(50)43-21-16-30(27(2)3)36(43)32-14-15-34-40(6)19-17-31(28-10-12-29(13-11-28)37(48)49)39(4,5)33(40)18-20-42(34,8)41(32,7)22-23-43/h10-13,17,27,30,32-34,36H,9,14-16,18-26H2,1-8H3,(H,44,50)(H,46,47)(H,48,49)/t30-,32+,33-,34+,36+,40-,41+,42+,43-/m0/s1. The molecule has 0 aliphatic heterocycles. The Morgan fingerprint density at radius 1 is 0.880 bits per heavy atom. The number of carbonyl (C=O) groups is 3. The molecule has 0 unspecified atom stereocenters. The summed E-state index contributed by atoms with van der Waals surface area (Å²) in [5.41, 5.74) is 3.03. The number of carbonyl (C=O) groups excluding carboxylic acids is 1. The van der Waals surface area contributed by atoms with Crippen LogP contribution < -0.4 is 5.32 Å². The molecule has 1 aromatic rings. The zero-order chi connectivity index (χ0) is 36.4. The number of fused-ring (bicyclic) bond motifs is 7. The summed E-state index contributed by atoms with van der Waals surface area (Å²) in [5, 5.41) is 22.1. The number of likely N-dealkylation sites (N-methyl/N-ethyl adjacent to an activating group) is 1. The van der Waals surface area contributed by atoms with Crippen molar-refractivity contribution in [2.45, 2.75) is 113 Å². The molecule has 7 heteroatoms. The van der Waals surface area contributed by atoms with E-state index < -0.39 is 11.9 Å². The number of allylic oxidation sites excluding steroid dienone is 2. The van der Waals surface area contributed by atoms with Gasteiger partial charge in [-0.05, 0) is 145 Å². The molecule has 0 heterocycles. The van der Waals surface area contributed by atoms with E-state index in [-0.39, 0.29) is 39.5 Å². The minimum Gasteiger partial charge on any atom is -0.480 e. The Labute approximate surface area is 301 Å². The Morgan fingerprint density at radius 2 is 1.58 bits per heavy atom. The van der Waals surface area contributed by atoms with Crippen molar-refractivity contribution in [2.24, 2.45) is 62.6 Å². The van der Waals surface area contributed by atoms with Gasteiger partial charge in [-0.25, -0.2) is 4.79 Å². The van der Waals surface area contributed by atoms with Crippen LogP contribution in [0.15, 0.2) is 30.3 Å². The molecule has 6 rings (SSSR count). The topological polar surface area (TPSA) is 107 Å². The Hall–Kier alpha value is -2.67. The van der Waals surface area contributed by atoms with Crippen LogP contribution in [0, 0.1) is 62.6 Å². The lowest BCUT2D eigenvalue weighted by molar-refractivity contribution is -0.227. The molecule has 1 aromatic carbocycles. The van der Waals surface area contributed by atoms with Crippen LogP contribution in [-0.2, 0) is 9.59 Å². The summed E-state index contributed by atoms with van der Waals surface area (Å²) in [6.07, 6.45) is 12.5. The Kier molecular flexibility index (Phi) is 9.70.